The van der Waals surface area contributed by atoms with Crippen LogP contribution in [0.2, 0.25) is 0 Å². The molecule has 1 rings (SSSR count). The standard InChI is InChI=1S/C9H9NO7S.Na.H/c1-16-9(11)17-18(14,15)6-7-2-4-8(5-3-7)10(12)13;;/h2-5H,6H2,1H3;;. The predicted octanol–water partition coefficient (Wildman–Crippen LogP) is 0.559. The van der Waals surface area contributed by atoms with E-state index in [1.54, 1.807) is 0 Å². The third-order valence-corrected chi connectivity index (χ3v) is 2.93. The maximum atomic E-state index is 11.3. The Labute approximate surface area is 131 Å². The Morgan fingerprint density at radius 1 is 1.32 bits per heavy atom. The van der Waals surface area contributed by atoms with Crippen LogP contribution in [0.5, 0.6) is 0 Å². The van der Waals surface area contributed by atoms with Gasteiger partial charge in [0.1, 0.15) is 5.75 Å². The van der Waals surface area contributed by atoms with E-state index in [9.17, 15) is 23.3 Å². The van der Waals surface area contributed by atoms with E-state index in [-0.39, 0.29) is 40.8 Å². The zero-order valence-electron chi connectivity index (χ0n) is 9.23. The fraction of sp³-hybridized carbons (Fsp3) is 0.222. The topological polar surface area (TPSA) is 113 Å². The molecule has 0 bridgehead atoms. The Kier molecular flexibility index (Phi) is 6.98. The van der Waals surface area contributed by atoms with Gasteiger partial charge in [-0.05, 0) is 5.56 Å². The Morgan fingerprint density at radius 2 is 1.84 bits per heavy atom. The summed E-state index contributed by atoms with van der Waals surface area (Å²) < 4.78 is 30.8. The summed E-state index contributed by atoms with van der Waals surface area (Å²) in [7, 11) is -3.15. The number of hydrogen-bond acceptors (Lipinski definition) is 7. The summed E-state index contributed by atoms with van der Waals surface area (Å²) in [5, 5.41) is 10.4. The molecule has 100 valence electrons. The fourth-order valence-corrected chi connectivity index (χ4v) is 2.02. The zero-order valence-corrected chi connectivity index (χ0v) is 10.0. The van der Waals surface area contributed by atoms with Crippen molar-refractivity contribution >= 4 is 51.5 Å². The van der Waals surface area contributed by atoms with Crippen molar-refractivity contribution in [1.29, 1.82) is 0 Å². The van der Waals surface area contributed by atoms with Gasteiger partial charge in [0, 0.05) is 12.1 Å². The fourth-order valence-electron chi connectivity index (χ4n) is 1.09. The first-order valence-electron chi connectivity index (χ1n) is 4.57. The van der Waals surface area contributed by atoms with Crippen molar-refractivity contribution in [2.75, 3.05) is 7.11 Å². The van der Waals surface area contributed by atoms with Gasteiger partial charge in [0.2, 0.25) is 0 Å². The summed E-state index contributed by atoms with van der Waals surface area (Å²) in [4.78, 5) is 20.4. The van der Waals surface area contributed by atoms with Crippen LogP contribution in [-0.2, 0) is 24.8 Å². The molecule has 0 N–H and O–H groups in total. The van der Waals surface area contributed by atoms with Crippen molar-refractivity contribution in [1.82, 2.24) is 0 Å². The number of hydrogen-bond donors (Lipinski definition) is 0. The van der Waals surface area contributed by atoms with Gasteiger partial charge in [0.15, 0.2) is 0 Å². The van der Waals surface area contributed by atoms with Crippen molar-refractivity contribution in [2.24, 2.45) is 0 Å². The van der Waals surface area contributed by atoms with E-state index in [2.05, 4.69) is 8.92 Å². The molecule has 0 fully saturated rings. The Hall–Kier alpha value is -1.16. The maximum absolute atomic E-state index is 11.3. The molecule has 0 aliphatic rings. The first-order chi connectivity index (χ1) is 8.34. The van der Waals surface area contributed by atoms with E-state index in [0.29, 0.717) is 0 Å². The molecule has 0 atom stereocenters. The summed E-state index contributed by atoms with van der Waals surface area (Å²) in [5.74, 6) is -0.583. The van der Waals surface area contributed by atoms with Gasteiger partial charge < -0.3 is 8.92 Å². The number of nitro benzene ring substituents is 1. The van der Waals surface area contributed by atoms with Crippen molar-refractivity contribution < 1.29 is 27.1 Å². The van der Waals surface area contributed by atoms with Crippen LogP contribution in [0.15, 0.2) is 24.3 Å². The van der Waals surface area contributed by atoms with Crippen LogP contribution < -0.4 is 0 Å². The molecule has 0 aliphatic carbocycles. The van der Waals surface area contributed by atoms with Crippen LogP contribution in [0, 0.1) is 10.1 Å². The average molecular weight is 299 g/mol. The van der Waals surface area contributed by atoms with Gasteiger partial charge in [-0.25, -0.2) is 4.79 Å². The molecule has 0 heterocycles. The average Bonchev–Trinajstić information content (AvgIpc) is 2.28. The predicted molar refractivity (Wildman–Crippen MR) is 66.4 cm³/mol. The zero-order chi connectivity index (χ0) is 13.8. The Bertz CT molecular complexity index is 554. The molecule has 8 nitrogen and oxygen atoms in total. The van der Waals surface area contributed by atoms with E-state index < -0.39 is 26.9 Å². The summed E-state index contributed by atoms with van der Waals surface area (Å²) in [6.07, 6.45) is -1.34. The number of carbonyl (C=O) groups excluding carboxylic acids is 1. The van der Waals surface area contributed by atoms with Crippen molar-refractivity contribution in [3.63, 3.8) is 0 Å². The summed E-state index contributed by atoms with van der Waals surface area (Å²) in [6.45, 7) is 0. The quantitative estimate of drug-likeness (QED) is 0.262. The van der Waals surface area contributed by atoms with Crippen molar-refractivity contribution in [2.45, 2.75) is 5.75 Å². The molecule has 0 amide bonds. The molecule has 0 saturated carbocycles. The number of rotatable bonds is 4. The number of nitrogens with zero attached hydrogens (tertiary/aromatic N) is 1. The summed E-state index contributed by atoms with van der Waals surface area (Å²) >= 11 is 0. The van der Waals surface area contributed by atoms with Gasteiger partial charge in [0.25, 0.3) is 5.69 Å². The van der Waals surface area contributed by atoms with Gasteiger partial charge in [-0.15, -0.1) is 0 Å². The van der Waals surface area contributed by atoms with Gasteiger partial charge >= 0.3 is 45.8 Å². The molecular weight excluding hydrogens is 289 g/mol. The molecule has 1 aromatic rings. The van der Waals surface area contributed by atoms with E-state index >= 15 is 0 Å². The van der Waals surface area contributed by atoms with E-state index in [1.807, 2.05) is 0 Å². The molecule has 0 aromatic heterocycles. The van der Waals surface area contributed by atoms with Crippen LogP contribution in [0.4, 0.5) is 10.5 Å². The van der Waals surface area contributed by atoms with Gasteiger partial charge in [0.05, 0.1) is 12.0 Å². The van der Waals surface area contributed by atoms with Crippen molar-refractivity contribution in [3.8, 4) is 0 Å². The number of non-ortho nitro benzene ring substituents is 1. The van der Waals surface area contributed by atoms with Crippen LogP contribution >= 0.6 is 0 Å². The number of benzene rings is 1. The Morgan fingerprint density at radius 3 is 2.26 bits per heavy atom. The molecule has 0 aliphatic heterocycles. The van der Waals surface area contributed by atoms with Crippen LogP contribution in [-0.4, -0.2) is 56.2 Å². The van der Waals surface area contributed by atoms with Crippen molar-refractivity contribution in [3.05, 3.63) is 39.9 Å². The molecule has 10 heteroatoms. The number of ether oxygens (including phenoxy) is 1. The van der Waals surface area contributed by atoms with E-state index in [4.69, 9.17) is 0 Å². The first kappa shape index (κ1) is 17.8. The second kappa shape index (κ2) is 7.43. The second-order valence-corrected chi connectivity index (χ2v) is 4.73. The number of methoxy groups -OCH3 is 1. The third kappa shape index (κ3) is 6.01. The van der Waals surface area contributed by atoms with Crippen LogP contribution in [0.1, 0.15) is 5.56 Å². The molecule has 0 unspecified atom stereocenters. The molecule has 0 radical (unpaired) electrons. The Balaban J connectivity index is 0.00000324. The van der Waals surface area contributed by atoms with Crippen LogP contribution in [0.25, 0.3) is 0 Å². The van der Waals surface area contributed by atoms with Gasteiger partial charge in [-0.1, -0.05) is 12.1 Å². The minimum atomic E-state index is -4.12. The van der Waals surface area contributed by atoms with Crippen LogP contribution in [0.3, 0.4) is 0 Å². The van der Waals surface area contributed by atoms with Gasteiger partial charge in [-0.3, -0.25) is 10.1 Å². The molecule has 0 spiro atoms. The normalized spacial score (nSPS) is 10.2. The molecule has 1 aromatic carbocycles. The molecule has 0 saturated heterocycles. The first-order valence-corrected chi connectivity index (χ1v) is 6.15. The summed E-state index contributed by atoms with van der Waals surface area (Å²) in [5.41, 5.74) is 0.0922. The molecule has 19 heavy (non-hydrogen) atoms. The van der Waals surface area contributed by atoms with Gasteiger partial charge in [-0.2, -0.15) is 8.42 Å². The second-order valence-electron chi connectivity index (χ2n) is 3.16. The minimum absolute atomic E-state index is 0. The monoisotopic (exact) mass is 299 g/mol. The summed E-state index contributed by atoms with van der Waals surface area (Å²) in [6, 6.07) is 4.83. The number of carbonyl (C=O) groups is 1. The molecular formula is C9H10NNaO7S. The van der Waals surface area contributed by atoms with E-state index in [1.165, 1.54) is 12.1 Å². The third-order valence-electron chi connectivity index (χ3n) is 1.85. The van der Waals surface area contributed by atoms with E-state index in [0.717, 1.165) is 19.2 Å². The number of nitro groups is 1. The SMILES string of the molecule is COC(=O)OS(=O)(=O)Cc1ccc([N+](=O)[O-])cc1.[NaH].